The van der Waals surface area contributed by atoms with Gasteiger partial charge in [-0.3, -0.25) is 0 Å². The van der Waals surface area contributed by atoms with Crippen LogP contribution in [0.1, 0.15) is 46.5 Å². The molecule has 0 aromatic rings. The van der Waals surface area contributed by atoms with Crippen LogP contribution in [-0.4, -0.2) is 89.0 Å². The van der Waals surface area contributed by atoms with Crippen LogP contribution in [-0.2, 0) is 23.7 Å². The quantitative estimate of drug-likeness (QED) is 0.331. The van der Waals surface area contributed by atoms with Crippen LogP contribution in [0.4, 0.5) is 0 Å². The minimum absolute atomic E-state index is 0.0413. The molecule has 1 atom stereocenters. The highest BCUT2D eigenvalue weighted by Crippen LogP contribution is 1.97. The highest BCUT2D eigenvalue weighted by molar-refractivity contribution is 4.47. The Balaban J connectivity index is 0. The molecule has 0 radical (unpaired) electrons. The smallest absolute Gasteiger partial charge is 0.0780 e. The minimum atomic E-state index is 0.0413. The lowest BCUT2D eigenvalue weighted by molar-refractivity contribution is -0.00806. The molecule has 1 unspecified atom stereocenters. The molecule has 0 bridgehead atoms. The molecular weight excluding hydrogens is 340 g/mol. The van der Waals surface area contributed by atoms with Crippen LogP contribution in [0.2, 0.25) is 0 Å². The summed E-state index contributed by atoms with van der Waals surface area (Å²) in [5, 5.41) is 16.7. The van der Waals surface area contributed by atoms with E-state index in [1.807, 2.05) is 0 Å². The molecule has 0 fully saturated rings. The van der Waals surface area contributed by atoms with Crippen LogP contribution in [0.25, 0.3) is 0 Å². The summed E-state index contributed by atoms with van der Waals surface area (Å²) in [6.45, 7) is 11.7. The number of hydrogen-bond donors (Lipinski definition) is 2. The molecule has 160 valence electrons. The second-order valence-corrected chi connectivity index (χ2v) is 5.75. The van der Waals surface area contributed by atoms with Gasteiger partial charge < -0.3 is 33.9 Å². The second kappa shape index (κ2) is 26.9. The lowest BCUT2D eigenvalue weighted by Crippen LogP contribution is -2.17. The maximum absolute atomic E-state index is 8.36. The van der Waals surface area contributed by atoms with Crippen LogP contribution in [0.15, 0.2) is 0 Å². The van der Waals surface area contributed by atoms with Gasteiger partial charge in [0.05, 0.1) is 65.6 Å². The van der Waals surface area contributed by atoms with Crippen LogP contribution in [0.3, 0.4) is 0 Å². The van der Waals surface area contributed by atoms with Gasteiger partial charge in [0.2, 0.25) is 0 Å². The van der Waals surface area contributed by atoms with Gasteiger partial charge in [0.1, 0.15) is 0 Å². The summed E-state index contributed by atoms with van der Waals surface area (Å²) in [5.41, 5.74) is 0. The van der Waals surface area contributed by atoms with Gasteiger partial charge in [-0.1, -0.05) is 26.7 Å². The van der Waals surface area contributed by atoms with E-state index < -0.39 is 0 Å². The molecule has 7 heteroatoms. The number of unbranched alkanes of at least 4 members (excludes halogenated alkanes) is 2. The Morgan fingerprint density at radius 2 is 1.08 bits per heavy atom. The third-order valence-electron chi connectivity index (χ3n) is 3.11. The number of aliphatic hydroxyl groups is 2. The first-order valence-electron chi connectivity index (χ1n) is 9.87. The predicted molar refractivity (Wildman–Crippen MR) is 103 cm³/mol. The standard InChI is InChI=1S/C11H24O2.C8H18O5/c1-4-6-8-12-10-11(3)13-9-7-5-2;9-1-3-11-5-7-13-8-6-12-4-2-10/h11H,4-10H2,1-3H3;9-10H,1-8H2. The Morgan fingerprint density at radius 1 is 0.615 bits per heavy atom. The maximum atomic E-state index is 8.36. The van der Waals surface area contributed by atoms with Crippen molar-refractivity contribution in [3.8, 4) is 0 Å². The fourth-order valence-electron chi connectivity index (χ4n) is 1.64. The fraction of sp³-hybridized carbons (Fsp3) is 1.00. The highest BCUT2D eigenvalue weighted by atomic mass is 16.5. The topological polar surface area (TPSA) is 86.6 Å². The summed E-state index contributed by atoms with van der Waals surface area (Å²) in [4.78, 5) is 0. The summed E-state index contributed by atoms with van der Waals surface area (Å²) < 4.78 is 26.0. The summed E-state index contributed by atoms with van der Waals surface area (Å²) in [6.07, 6.45) is 4.96. The van der Waals surface area contributed by atoms with Crippen molar-refractivity contribution in [2.45, 2.75) is 52.6 Å². The molecule has 7 nitrogen and oxygen atoms in total. The summed E-state index contributed by atoms with van der Waals surface area (Å²) in [7, 11) is 0. The van der Waals surface area contributed by atoms with E-state index in [2.05, 4.69) is 20.8 Å². The summed E-state index contributed by atoms with van der Waals surface area (Å²) in [5.74, 6) is 0. The Kier molecular flexibility index (Phi) is 28.9. The number of ether oxygens (including phenoxy) is 5. The first-order chi connectivity index (χ1) is 12.7. The minimum Gasteiger partial charge on any atom is -0.394 e. The van der Waals surface area contributed by atoms with Gasteiger partial charge in [0.15, 0.2) is 0 Å². The van der Waals surface area contributed by atoms with E-state index in [4.69, 9.17) is 33.9 Å². The van der Waals surface area contributed by atoms with Crippen LogP contribution < -0.4 is 0 Å². The van der Waals surface area contributed by atoms with Crippen LogP contribution in [0.5, 0.6) is 0 Å². The Morgan fingerprint density at radius 3 is 1.54 bits per heavy atom. The molecule has 2 N–H and O–H groups in total. The third kappa shape index (κ3) is 28.5. The normalized spacial score (nSPS) is 11.9. The number of rotatable bonds is 19. The van der Waals surface area contributed by atoms with Crippen molar-refractivity contribution in [2.75, 3.05) is 72.7 Å². The monoisotopic (exact) mass is 382 g/mol. The molecule has 0 aromatic carbocycles. The Hall–Kier alpha value is -0.280. The van der Waals surface area contributed by atoms with Gasteiger partial charge in [-0.15, -0.1) is 0 Å². The van der Waals surface area contributed by atoms with Crippen molar-refractivity contribution in [1.82, 2.24) is 0 Å². The van der Waals surface area contributed by atoms with E-state index in [-0.39, 0.29) is 19.3 Å². The molecule has 0 aromatic heterocycles. The van der Waals surface area contributed by atoms with Gasteiger partial charge in [-0.25, -0.2) is 0 Å². The molecular formula is C19H42O7. The van der Waals surface area contributed by atoms with E-state index in [1.54, 1.807) is 0 Å². The van der Waals surface area contributed by atoms with E-state index in [1.165, 1.54) is 12.8 Å². The average Bonchev–Trinajstić information content (AvgIpc) is 2.65. The highest BCUT2D eigenvalue weighted by Gasteiger charge is 2.00. The SMILES string of the molecule is CCCCOCC(C)OCCCC.OCCOCCOCCOCCO. The zero-order valence-electron chi connectivity index (χ0n) is 17.1. The van der Waals surface area contributed by atoms with Crippen molar-refractivity contribution in [3.63, 3.8) is 0 Å². The van der Waals surface area contributed by atoms with Crippen molar-refractivity contribution in [2.24, 2.45) is 0 Å². The predicted octanol–water partition coefficient (Wildman–Crippen LogP) is 2.03. The van der Waals surface area contributed by atoms with Crippen LogP contribution in [0, 0.1) is 0 Å². The Labute approximate surface area is 159 Å². The summed E-state index contributed by atoms with van der Waals surface area (Å²) >= 11 is 0. The van der Waals surface area contributed by atoms with Gasteiger partial charge in [-0.05, 0) is 19.8 Å². The molecule has 0 aliphatic rings. The van der Waals surface area contributed by atoms with Gasteiger partial charge in [-0.2, -0.15) is 0 Å². The van der Waals surface area contributed by atoms with E-state index in [0.717, 1.165) is 32.7 Å². The van der Waals surface area contributed by atoms with E-state index in [9.17, 15) is 0 Å². The molecule has 0 spiro atoms. The first kappa shape index (κ1) is 27.9. The zero-order valence-corrected chi connectivity index (χ0v) is 17.1. The molecule has 0 saturated heterocycles. The fourth-order valence-corrected chi connectivity index (χ4v) is 1.64. The maximum Gasteiger partial charge on any atom is 0.0780 e. The molecule has 0 heterocycles. The van der Waals surface area contributed by atoms with Crippen LogP contribution >= 0.6 is 0 Å². The molecule has 0 saturated carbocycles. The number of hydrogen-bond acceptors (Lipinski definition) is 7. The molecule has 0 aliphatic heterocycles. The van der Waals surface area contributed by atoms with Crippen molar-refractivity contribution >= 4 is 0 Å². The molecule has 0 rings (SSSR count). The molecule has 0 aliphatic carbocycles. The Bertz CT molecular complexity index is 220. The van der Waals surface area contributed by atoms with Crippen molar-refractivity contribution in [1.29, 1.82) is 0 Å². The van der Waals surface area contributed by atoms with Gasteiger partial charge >= 0.3 is 0 Å². The lowest BCUT2D eigenvalue weighted by Gasteiger charge is -2.12. The number of aliphatic hydroxyl groups excluding tert-OH is 2. The second-order valence-electron chi connectivity index (χ2n) is 5.75. The third-order valence-corrected chi connectivity index (χ3v) is 3.11. The largest absolute Gasteiger partial charge is 0.394 e. The van der Waals surface area contributed by atoms with Crippen molar-refractivity contribution in [3.05, 3.63) is 0 Å². The zero-order chi connectivity index (χ0) is 19.7. The van der Waals surface area contributed by atoms with E-state index in [0.29, 0.717) is 39.6 Å². The first-order valence-corrected chi connectivity index (χ1v) is 9.87. The molecule has 26 heavy (non-hydrogen) atoms. The average molecular weight is 383 g/mol. The van der Waals surface area contributed by atoms with E-state index >= 15 is 0 Å². The molecule has 0 amide bonds. The lowest BCUT2D eigenvalue weighted by atomic mass is 10.3. The van der Waals surface area contributed by atoms with Crippen molar-refractivity contribution < 1.29 is 33.9 Å². The van der Waals surface area contributed by atoms with Gasteiger partial charge in [0.25, 0.3) is 0 Å². The van der Waals surface area contributed by atoms with Gasteiger partial charge in [0, 0.05) is 13.2 Å². The summed E-state index contributed by atoms with van der Waals surface area (Å²) in [6, 6.07) is 0.